The van der Waals surface area contributed by atoms with Gasteiger partial charge < -0.3 is 10.4 Å². The molecule has 1 fully saturated rings. The van der Waals surface area contributed by atoms with Crippen LogP contribution in [-0.2, 0) is 4.79 Å². The molecule has 2 N–H and O–H groups in total. The van der Waals surface area contributed by atoms with Gasteiger partial charge in [-0.1, -0.05) is 32.1 Å². The van der Waals surface area contributed by atoms with Crippen molar-refractivity contribution in [2.75, 3.05) is 6.61 Å². The molecule has 94 valence electrons. The van der Waals surface area contributed by atoms with Crippen LogP contribution in [-0.4, -0.2) is 23.7 Å². The van der Waals surface area contributed by atoms with Crippen LogP contribution in [0.15, 0.2) is 0 Å². The molecule has 3 heteroatoms. The first-order chi connectivity index (χ1) is 7.72. The zero-order chi connectivity index (χ0) is 11.8. The number of aliphatic hydroxyl groups excluding tert-OH is 1. The van der Waals surface area contributed by atoms with Crippen LogP contribution in [0.4, 0.5) is 0 Å². The zero-order valence-electron chi connectivity index (χ0n) is 10.4. The van der Waals surface area contributed by atoms with E-state index < -0.39 is 0 Å². The quantitative estimate of drug-likeness (QED) is 0.731. The maximum Gasteiger partial charge on any atom is 0.220 e. The second kappa shape index (κ2) is 7.66. The van der Waals surface area contributed by atoms with Gasteiger partial charge in [-0.25, -0.2) is 0 Å². The Hall–Kier alpha value is -0.570. The Morgan fingerprint density at radius 2 is 2.06 bits per heavy atom. The number of aliphatic hydroxyl groups is 1. The van der Waals surface area contributed by atoms with E-state index in [2.05, 4.69) is 5.32 Å². The summed E-state index contributed by atoms with van der Waals surface area (Å²) >= 11 is 0. The smallest absolute Gasteiger partial charge is 0.220 e. The van der Waals surface area contributed by atoms with Crippen molar-refractivity contribution in [3.63, 3.8) is 0 Å². The van der Waals surface area contributed by atoms with Crippen molar-refractivity contribution in [3.05, 3.63) is 0 Å². The second-order valence-corrected chi connectivity index (χ2v) is 5.05. The number of hydrogen-bond acceptors (Lipinski definition) is 2. The van der Waals surface area contributed by atoms with Crippen LogP contribution in [0.5, 0.6) is 0 Å². The normalized spacial score (nSPS) is 19.4. The van der Waals surface area contributed by atoms with Crippen molar-refractivity contribution < 1.29 is 9.90 Å². The van der Waals surface area contributed by atoms with Gasteiger partial charge in [0.2, 0.25) is 5.91 Å². The Balaban J connectivity index is 2.03. The van der Waals surface area contributed by atoms with Gasteiger partial charge in [-0.2, -0.15) is 0 Å². The molecule has 0 radical (unpaired) electrons. The second-order valence-electron chi connectivity index (χ2n) is 5.05. The minimum absolute atomic E-state index is 0.0222. The molecule has 1 rings (SSSR count). The molecule has 0 aromatic carbocycles. The van der Waals surface area contributed by atoms with Crippen molar-refractivity contribution in [1.82, 2.24) is 5.32 Å². The molecule has 1 saturated carbocycles. The molecule has 0 aromatic rings. The minimum Gasteiger partial charge on any atom is -0.394 e. The lowest BCUT2D eigenvalue weighted by Crippen LogP contribution is -2.34. The molecule has 1 aliphatic carbocycles. The Bertz CT molecular complexity index is 200. The van der Waals surface area contributed by atoms with Gasteiger partial charge in [-0.3, -0.25) is 4.79 Å². The SMILES string of the molecule is CC(CO)NC(=O)CCCC1CCCCC1. The molecule has 1 amide bonds. The van der Waals surface area contributed by atoms with E-state index in [1.165, 1.54) is 38.5 Å². The molecule has 1 atom stereocenters. The van der Waals surface area contributed by atoms with E-state index in [0.29, 0.717) is 6.42 Å². The summed E-state index contributed by atoms with van der Waals surface area (Å²) in [6.07, 6.45) is 9.65. The molecule has 0 spiro atoms. The van der Waals surface area contributed by atoms with Crippen LogP contribution in [0.25, 0.3) is 0 Å². The molecule has 1 unspecified atom stereocenters. The van der Waals surface area contributed by atoms with Gasteiger partial charge in [0, 0.05) is 12.5 Å². The third-order valence-electron chi connectivity index (χ3n) is 3.42. The number of hydrogen-bond donors (Lipinski definition) is 2. The first-order valence-electron chi connectivity index (χ1n) is 6.62. The van der Waals surface area contributed by atoms with Crippen molar-refractivity contribution in [2.45, 2.75) is 64.3 Å². The summed E-state index contributed by atoms with van der Waals surface area (Å²) in [7, 11) is 0. The number of carbonyl (C=O) groups excluding carboxylic acids is 1. The number of nitrogens with one attached hydrogen (secondary N) is 1. The van der Waals surface area contributed by atoms with E-state index in [1.54, 1.807) is 0 Å². The highest BCUT2D eigenvalue weighted by Gasteiger charge is 2.13. The first-order valence-corrected chi connectivity index (χ1v) is 6.62. The highest BCUT2D eigenvalue weighted by molar-refractivity contribution is 5.76. The van der Waals surface area contributed by atoms with Gasteiger partial charge in [-0.15, -0.1) is 0 Å². The number of amides is 1. The zero-order valence-corrected chi connectivity index (χ0v) is 10.4. The van der Waals surface area contributed by atoms with E-state index in [0.717, 1.165) is 12.3 Å². The summed E-state index contributed by atoms with van der Waals surface area (Å²) in [4.78, 5) is 11.4. The van der Waals surface area contributed by atoms with E-state index in [4.69, 9.17) is 5.11 Å². The van der Waals surface area contributed by atoms with Gasteiger partial charge in [0.1, 0.15) is 0 Å². The Morgan fingerprint density at radius 3 is 2.69 bits per heavy atom. The molecule has 1 aliphatic rings. The largest absolute Gasteiger partial charge is 0.394 e. The maximum atomic E-state index is 11.4. The van der Waals surface area contributed by atoms with Crippen LogP contribution in [0.2, 0.25) is 0 Å². The van der Waals surface area contributed by atoms with Crippen molar-refractivity contribution in [3.8, 4) is 0 Å². The summed E-state index contributed by atoms with van der Waals surface area (Å²) in [6, 6.07) is -0.109. The summed E-state index contributed by atoms with van der Waals surface area (Å²) in [6.45, 7) is 1.84. The summed E-state index contributed by atoms with van der Waals surface area (Å²) < 4.78 is 0. The van der Waals surface area contributed by atoms with Gasteiger partial charge in [-0.05, 0) is 25.7 Å². The fraction of sp³-hybridized carbons (Fsp3) is 0.923. The lowest BCUT2D eigenvalue weighted by Gasteiger charge is -2.21. The average Bonchev–Trinajstić information content (AvgIpc) is 2.30. The van der Waals surface area contributed by atoms with Crippen LogP contribution >= 0.6 is 0 Å². The third-order valence-corrected chi connectivity index (χ3v) is 3.42. The van der Waals surface area contributed by atoms with Crippen molar-refractivity contribution >= 4 is 5.91 Å². The summed E-state index contributed by atoms with van der Waals surface area (Å²) in [5.74, 6) is 0.939. The van der Waals surface area contributed by atoms with Crippen LogP contribution in [0, 0.1) is 5.92 Å². The third kappa shape index (κ3) is 5.50. The van der Waals surface area contributed by atoms with Gasteiger partial charge in [0.15, 0.2) is 0 Å². The molecule has 0 bridgehead atoms. The fourth-order valence-electron chi connectivity index (χ4n) is 2.42. The molecule has 0 aliphatic heterocycles. The van der Waals surface area contributed by atoms with E-state index >= 15 is 0 Å². The van der Waals surface area contributed by atoms with E-state index in [1.807, 2.05) is 6.92 Å². The molecule has 0 saturated heterocycles. The predicted octanol–water partition coefficient (Wildman–Crippen LogP) is 2.23. The predicted molar refractivity (Wildman–Crippen MR) is 65.1 cm³/mol. The molecular weight excluding hydrogens is 202 g/mol. The minimum atomic E-state index is -0.109. The molecule has 0 aromatic heterocycles. The van der Waals surface area contributed by atoms with Crippen molar-refractivity contribution in [1.29, 1.82) is 0 Å². The summed E-state index contributed by atoms with van der Waals surface area (Å²) in [5.41, 5.74) is 0. The lowest BCUT2D eigenvalue weighted by molar-refractivity contribution is -0.122. The van der Waals surface area contributed by atoms with Crippen LogP contribution in [0.3, 0.4) is 0 Å². The molecule has 0 heterocycles. The Labute approximate surface area is 98.6 Å². The Morgan fingerprint density at radius 1 is 1.38 bits per heavy atom. The topological polar surface area (TPSA) is 49.3 Å². The van der Waals surface area contributed by atoms with Gasteiger partial charge in [0.05, 0.1) is 6.61 Å². The lowest BCUT2D eigenvalue weighted by atomic mass is 9.86. The summed E-state index contributed by atoms with van der Waals surface area (Å²) in [5, 5.41) is 11.6. The molecule has 3 nitrogen and oxygen atoms in total. The monoisotopic (exact) mass is 227 g/mol. The standard InChI is InChI=1S/C13H25NO2/c1-11(10-15)14-13(16)9-5-8-12-6-3-2-4-7-12/h11-12,15H,2-10H2,1H3,(H,14,16). The highest BCUT2D eigenvalue weighted by Crippen LogP contribution is 2.27. The van der Waals surface area contributed by atoms with E-state index in [9.17, 15) is 4.79 Å². The number of carbonyl (C=O) groups is 1. The Kier molecular flexibility index (Phi) is 6.46. The van der Waals surface area contributed by atoms with Crippen LogP contribution in [0.1, 0.15) is 58.3 Å². The molecule has 16 heavy (non-hydrogen) atoms. The van der Waals surface area contributed by atoms with Crippen molar-refractivity contribution in [2.24, 2.45) is 5.92 Å². The highest BCUT2D eigenvalue weighted by atomic mass is 16.3. The molecular formula is C13H25NO2. The fourth-order valence-corrected chi connectivity index (χ4v) is 2.42. The number of rotatable bonds is 6. The average molecular weight is 227 g/mol. The van der Waals surface area contributed by atoms with Gasteiger partial charge in [0.25, 0.3) is 0 Å². The van der Waals surface area contributed by atoms with Gasteiger partial charge >= 0.3 is 0 Å². The van der Waals surface area contributed by atoms with E-state index in [-0.39, 0.29) is 18.6 Å². The maximum absolute atomic E-state index is 11.4. The van der Waals surface area contributed by atoms with Crippen LogP contribution < -0.4 is 5.32 Å². The first kappa shape index (κ1) is 13.5.